The molecule has 0 spiro atoms. The number of alkyl halides is 1. The highest BCUT2D eigenvalue weighted by molar-refractivity contribution is 6.18. The molecule has 0 aliphatic rings. The molecule has 2 nitrogen and oxygen atoms in total. The van der Waals surface area contributed by atoms with Crippen LogP contribution < -0.4 is 0 Å². The molecule has 0 aliphatic carbocycles. The number of rotatable bonds is 5. The van der Waals surface area contributed by atoms with Crippen molar-refractivity contribution >= 4 is 17.5 Å². The smallest absolute Gasteiger partial charge is 0.234 e. The minimum absolute atomic E-state index is 0.0723. The fraction of sp³-hybridized carbons (Fsp3) is 0.235. The molecule has 0 saturated heterocycles. The van der Waals surface area contributed by atoms with E-state index in [9.17, 15) is 4.79 Å². The van der Waals surface area contributed by atoms with Crippen molar-refractivity contribution in [3.63, 3.8) is 0 Å². The second kappa shape index (κ2) is 7.11. The SMILES string of the molecule is CN(CCCl)C(=O)C(c1ccccc1)c1ccccc1. The first-order chi connectivity index (χ1) is 9.74. The van der Waals surface area contributed by atoms with Crippen LogP contribution in [-0.2, 0) is 4.79 Å². The molecule has 0 unspecified atom stereocenters. The van der Waals surface area contributed by atoms with Crippen LogP contribution in [0.25, 0.3) is 0 Å². The van der Waals surface area contributed by atoms with E-state index in [-0.39, 0.29) is 11.8 Å². The van der Waals surface area contributed by atoms with Crippen molar-refractivity contribution in [1.29, 1.82) is 0 Å². The molecule has 1 amide bonds. The molecular formula is C17H18ClNO. The molecule has 0 heterocycles. The molecule has 3 heteroatoms. The van der Waals surface area contributed by atoms with Gasteiger partial charge < -0.3 is 4.90 Å². The van der Waals surface area contributed by atoms with Crippen LogP contribution in [0.15, 0.2) is 60.7 Å². The highest BCUT2D eigenvalue weighted by Crippen LogP contribution is 2.26. The number of likely N-dealkylation sites (N-methyl/N-ethyl adjacent to an activating group) is 1. The lowest BCUT2D eigenvalue weighted by Gasteiger charge is -2.24. The van der Waals surface area contributed by atoms with Crippen molar-refractivity contribution in [1.82, 2.24) is 4.90 Å². The number of halogens is 1. The fourth-order valence-corrected chi connectivity index (χ4v) is 2.48. The van der Waals surface area contributed by atoms with E-state index in [0.717, 1.165) is 11.1 Å². The van der Waals surface area contributed by atoms with E-state index in [0.29, 0.717) is 12.4 Å². The summed E-state index contributed by atoms with van der Waals surface area (Å²) in [7, 11) is 1.80. The van der Waals surface area contributed by atoms with Gasteiger partial charge in [0.2, 0.25) is 5.91 Å². The van der Waals surface area contributed by atoms with Crippen LogP contribution in [0.1, 0.15) is 17.0 Å². The molecule has 0 aromatic heterocycles. The van der Waals surface area contributed by atoms with Gasteiger partial charge in [-0.15, -0.1) is 11.6 Å². The first-order valence-electron chi connectivity index (χ1n) is 6.65. The Bertz CT molecular complexity index is 502. The molecule has 0 radical (unpaired) electrons. The van der Waals surface area contributed by atoms with E-state index in [1.807, 2.05) is 60.7 Å². The molecule has 104 valence electrons. The summed E-state index contributed by atoms with van der Waals surface area (Å²) in [5.74, 6) is 0.243. The van der Waals surface area contributed by atoms with Gasteiger partial charge in [0, 0.05) is 19.5 Å². The second-order valence-electron chi connectivity index (χ2n) is 4.70. The quantitative estimate of drug-likeness (QED) is 0.771. The van der Waals surface area contributed by atoms with E-state index in [1.54, 1.807) is 11.9 Å². The van der Waals surface area contributed by atoms with Crippen molar-refractivity contribution in [3.8, 4) is 0 Å². The van der Waals surface area contributed by atoms with Crippen LogP contribution in [0.3, 0.4) is 0 Å². The lowest BCUT2D eigenvalue weighted by atomic mass is 9.90. The molecule has 0 bridgehead atoms. The molecule has 0 saturated carbocycles. The van der Waals surface area contributed by atoms with Gasteiger partial charge in [-0.25, -0.2) is 0 Å². The monoisotopic (exact) mass is 287 g/mol. The summed E-state index contributed by atoms with van der Waals surface area (Å²) < 4.78 is 0. The van der Waals surface area contributed by atoms with Crippen molar-refractivity contribution in [2.24, 2.45) is 0 Å². The average Bonchev–Trinajstić information content (AvgIpc) is 2.50. The molecule has 0 aliphatic heterocycles. The predicted molar refractivity (Wildman–Crippen MR) is 83.1 cm³/mol. The van der Waals surface area contributed by atoms with Crippen molar-refractivity contribution in [2.75, 3.05) is 19.5 Å². The lowest BCUT2D eigenvalue weighted by Crippen LogP contribution is -2.33. The van der Waals surface area contributed by atoms with Gasteiger partial charge >= 0.3 is 0 Å². The number of carbonyl (C=O) groups excluding carboxylic acids is 1. The van der Waals surface area contributed by atoms with Gasteiger partial charge in [-0.05, 0) is 11.1 Å². The molecule has 2 aromatic rings. The summed E-state index contributed by atoms with van der Waals surface area (Å²) in [5, 5.41) is 0. The number of carbonyl (C=O) groups is 1. The van der Waals surface area contributed by atoms with Gasteiger partial charge in [-0.3, -0.25) is 4.79 Å². The molecule has 2 rings (SSSR count). The molecule has 0 atom stereocenters. The van der Waals surface area contributed by atoms with Crippen LogP contribution >= 0.6 is 11.6 Å². The summed E-state index contributed by atoms with van der Waals surface area (Å²) >= 11 is 5.74. The number of hydrogen-bond acceptors (Lipinski definition) is 1. The van der Waals surface area contributed by atoms with Crippen LogP contribution in [0, 0.1) is 0 Å². The van der Waals surface area contributed by atoms with E-state index >= 15 is 0 Å². The summed E-state index contributed by atoms with van der Waals surface area (Å²) in [6, 6.07) is 19.7. The number of amides is 1. The van der Waals surface area contributed by atoms with E-state index in [4.69, 9.17) is 11.6 Å². The first kappa shape index (κ1) is 14.6. The van der Waals surface area contributed by atoms with Gasteiger partial charge in [0.15, 0.2) is 0 Å². The predicted octanol–water partition coefficient (Wildman–Crippen LogP) is 3.52. The lowest BCUT2D eigenvalue weighted by molar-refractivity contribution is -0.130. The number of nitrogens with zero attached hydrogens (tertiary/aromatic N) is 1. The topological polar surface area (TPSA) is 20.3 Å². The van der Waals surface area contributed by atoms with E-state index in [2.05, 4.69) is 0 Å². The number of benzene rings is 2. The highest BCUT2D eigenvalue weighted by atomic mass is 35.5. The Morgan fingerprint density at radius 3 is 1.85 bits per heavy atom. The largest absolute Gasteiger partial charge is 0.344 e. The maximum atomic E-state index is 12.7. The summed E-state index contributed by atoms with van der Waals surface area (Å²) in [6.45, 7) is 0.552. The van der Waals surface area contributed by atoms with Gasteiger partial charge in [-0.1, -0.05) is 60.7 Å². The zero-order valence-electron chi connectivity index (χ0n) is 11.5. The van der Waals surface area contributed by atoms with Crippen molar-refractivity contribution in [3.05, 3.63) is 71.8 Å². The van der Waals surface area contributed by atoms with Crippen LogP contribution in [0.5, 0.6) is 0 Å². The summed E-state index contributed by atoms with van der Waals surface area (Å²) in [6.07, 6.45) is 0. The fourth-order valence-electron chi connectivity index (χ4n) is 2.23. The Morgan fingerprint density at radius 2 is 1.45 bits per heavy atom. The summed E-state index contributed by atoms with van der Waals surface area (Å²) in [5.41, 5.74) is 2.01. The Balaban J connectivity index is 2.38. The average molecular weight is 288 g/mol. The third kappa shape index (κ3) is 3.40. The zero-order chi connectivity index (χ0) is 14.4. The van der Waals surface area contributed by atoms with Crippen LogP contribution in [0.2, 0.25) is 0 Å². The summed E-state index contributed by atoms with van der Waals surface area (Å²) in [4.78, 5) is 14.4. The minimum atomic E-state index is -0.273. The van der Waals surface area contributed by atoms with Gasteiger partial charge in [-0.2, -0.15) is 0 Å². The van der Waals surface area contributed by atoms with Crippen molar-refractivity contribution < 1.29 is 4.79 Å². The maximum Gasteiger partial charge on any atom is 0.234 e. The Labute approximate surface area is 125 Å². The Morgan fingerprint density at radius 1 is 1.00 bits per heavy atom. The molecule has 20 heavy (non-hydrogen) atoms. The molecule has 2 aromatic carbocycles. The zero-order valence-corrected chi connectivity index (χ0v) is 12.3. The number of hydrogen-bond donors (Lipinski definition) is 0. The first-order valence-corrected chi connectivity index (χ1v) is 7.18. The maximum absolute atomic E-state index is 12.7. The molecule has 0 fully saturated rings. The van der Waals surface area contributed by atoms with Crippen LogP contribution in [0.4, 0.5) is 0 Å². The molecular weight excluding hydrogens is 270 g/mol. The third-order valence-electron chi connectivity index (χ3n) is 3.31. The third-order valence-corrected chi connectivity index (χ3v) is 3.48. The Hall–Kier alpha value is -1.80. The Kier molecular flexibility index (Phi) is 5.19. The standard InChI is InChI=1S/C17H18ClNO/c1-19(13-12-18)17(20)16(14-8-4-2-5-9-14)15-10-6-3-7-11-15/h2-11,16H,12-13H2,1H3. The van der Waals surface area contributed by atoms with Gasteiger partial charge in [0.05, 0.1) is 5.92 Å². The van der Waals surface area contributed by atoms with E-state index < -0.39 is 0 Å². The normalized spacial score (nSPS) is 10.6. The molecule has 0 N–H and O–H groups in total. The minimum Gasteiger partial charge on any atom is -0.344 e. The van der Waals surface area contributed by atoms with Crippen LogP contribution in [-0.4, -0.2) is 30.3 Å². The second-order valence-corrected chi connectivity index (χ2v) is 5.08. The van der Waals surface area contributed by atoms with Gasteiger partial charge in [0.25, 0.3) is 0 Å². The van der Waals surface area contributed by atoms with Gasteiger partial charge in [0.1, 0.15) is 0 Å². The van der Waals surface area contributed by atoms with E-state index in [1.165, 1.54) is 0 Å². The van der Waals surface area contributed by atoms with Crippen molar-refractivity contribution in [2.45, 2.75) is 5.92 Å². The highest BCUT2D eigenvalue weighted by Gasteiger charge is 2.25.